The van der Waals surface area contributed by atoms with Crippen molar-refractivity contribution in [1.29, 1.82) is 0 Å². The molecule has 0 aliphatic carbocycles. The van der Waals surface area contributed by atoms with Crippen molar-refractivity contribution in [2.24, 2.45) is 0 Å². The molecule has 112 valence electrons. The van der Waals surface area contributed by atoms with Gasteiger partial charge in [0.05, 0.1) is 23.5 Å². The van der Waals surface area contributed by atoms with Gasteiger partial charge in [-0.25, -0.2) is 4.98 Å². The van der Waals surface area contributed by atoms with Crippen molar-refractivity contribution in [3.05, 3.63) is 48.2 Å². The average molecular weight is 302 g/mol. The lowest BCUT2D eigenvalue weighted by Crippen LogP contribution is -2.10. The maximum Gasteiger partial charge on any atom is 0.119 e. The van der Waals surface area contributed by atoms with Gasteiger partial charge in [-0.1, -0.05) is 32.9 Å². The maximum atomic E-state index is 5.75. The number of ether oxygens (including phenoxy) is 1. The molecule has 0 saturated carbocycles. The Kier molecular flexibility index (Phi) is 5.12. The van der Waals surface area contributed by atoms with Crippen molar-refractivity contribution in [3.63, 3.8) is 0 Å². The first-order valence-electron chi connectivity index (χ1n) is 7.03. The zero-order chi connectivity index (χ0) is 15.3. The molecule has 0 atom stereocenters. The van der Waals surface area contributed by atoms with E-state index in [1.807, 2.05) is 24.3 Å². The summed E-state index contributed by atoms with van der Waals surface area (Å²) in [6.07, 6.45) is 1.68. The third-order valence-electron chi connectivity index (χ3n) is 3.08. The molecule has 21 heavy (non-hydrogen) atoms. The normalized spacial score (nSPS) is 11.4. The van der Waals surface area contributed by atoms with Crippen molar-refractivity contribution in [2.45, 2.75) is 31.2 Å². The number of thioether (sulfide) groups is 1. The number of aromatic nitrogens is 1. The zero-order valence-electron chi connectivity index (χ0n) is 12.8. The van der Waals surface area contributed by atoms with Crippen molar-refractivity contribution in [3.8, 4) is 5.75 Å². The predicted molar refractivity (Wildman–Crippen MR) is 90.0 cm³/mol. The molecule has 0 spiro atoms. The Morgan fingerprint density at radius 1 is 1.10 bits per heavy atom. The highest BCUT2D eigenvalue weighted by Gasteiger charge is 2.12. The monoisotopic (exact) mass is 302 g/mol. The van der Waals surface area contributed by atoms with Crippen LogP contribution in [0.1, 0.15) is 26.3 Å². The summed E-state index contributed by atoms with van der Waals surface area (Å²) in [5.74, 6) is 1.77. The van der Waals surface area contributed by atoms with Crippen LogP contribution in [0.5, 0.6) is 5.75 Å². The van der Waals surface area contributed by atoms with Crippen LogP contribution >= 0.6 is 11.8 Å². The number of hydrogen-bond acceptors (Lipinski definition) is 4. The van der Waals surface area contributed by atoms with Crippen LogP contribution in [0.2, 0.25) is 0 Å². The number of hydrogen-bond donors (Lipinski definition) is 1. The molecule has 4 heteroatoms. The number of pyridine rings is 1. The maximum absolute atomic E-state index is 5.75. The molecule has 0 aliphatic heterocycles. The molecular weight excluding hydrogens is 280 g/mol. The molecule has 1 heterocycles. The molecule has 1 aromatic heterocycles. The number of rotatable bonds is 5. The summed E-state index contributed by atoms with van der Waals surface area (Å²) in [5, 5.41) is 0.968. The van der Waals surface area contributed by atoms with Crippen molar-refractivity contribution in [1.82, 2.24) is 4.98 Å². The number of nitrogen functional groups attached to an aromatic ring is 1. The second kappa shape index (κ2) is 6.85. The van der Waals surface area contributed by atoms with E-state index in [2.05, 4.69) is 37.9 Å². The molecule has 2 aromatic rings. The Hall–Kier alpha value is -1.68. The summed E-state index contributed by atoms with van der Waals surface area (Å²) < 4.78 is 5.75. The van der Waals surface area contributed by atoms with Crippen LogP contribution in [0.4, 0.5) is 5.69 Å². The van der Waals surface area contributed by atoms with E-state index in [-0.39, 0.29) is 5.41 Å². The molecule has 1 aromatic carbocycles. The number of nitrogens with zero attached hydrogens (tertiary/aromatic N) is 1. The number of benzene rings is 1. The minimum absolute atomic E-state index is 0.176. The van der Waals surface area contributed by atoms with E-state index >= 15 is 0 Å². The van der Waals surface area contributed by atoms with Gasteiger partial charge in [0.15, 0.2) is 0 Å². The zero-order valence-corrected chi connectivity index (χ0v) is 13.6. The van der Waals surface area contributed by atoms with Crippen LogP contribution < -0.4 is 10.5 Å². The molecular formula is C17H22N2OS. The first-order valence-corrected chi connectivity index (χ1v) is 8.01. The van der Waals surface area contributed by atoms with Crippen LogP contribution in [0.3, 0.4) is 0 Å². The predicted octanol–water partition coefficient (Wildman–Crippen LogP) is 4.13. The summed E-state index contributed by atoms with van der Waals surface area (Å²) in [6.45, 7) is 7.28. The summed E-state index contributed by atoms with van der Waals surface area (Å²) in [5.41, 5.74) is 7.78. The smallest absolute Gasteiger partial charge is 0.119 e. The molecule has 2 rings (SSSR count). The third kappa shape index (κ3) is 4.97. The first-order chi connectivity index (χ1) is 9.95. The van der Waals surface area contributed by atoms with E-state index in [1.54, 1.807) is 18.0 Å². The van der Waals surface area contributed by atoms with Gasteiger partial charge in [-0.2, -0.15) is 0 Å². The lowest BCUT2D eigenvalue weighted by Gasteiger charge is -2.19. The molecule has 0 unspecified atom stereocenters. The Balaban J connectivity index is 1.77. The highest BCUT2D eigenvalue weighted by Crippen LogP contribution is 2.24. The molecule has 0 aliphatic rings. The Morgan fingerprint density at radius 3 is 2.38 bits per heavy atom. The van der Waals surface area contributed by atoms with Gasteiger partial charge in [-0.3, -0.25) is 0 Å². The fourth-order valence-electron chi connectivity index (χ4n) is 1.83. The molecule has 0 fully saturated rings. The van der Waals surface area contributed by atoms with Gasteiger partial charge < -0.3 is 10.5 Å². The SMILES string of the molecule is CC(C)(C)c1ccc(OCCSc2ccc(N)cn2)cc1. The third-order valence-corrected chi connectivity index (χ3v) is 3.99. The Labute approximate surface area is 130 Å². The van der Waals surface area contributed by atoms with E-state index in [0.29, 0.717) is 12.3 Å². The second-order valence-electron chi connectivity index (χ2n) is 5.90. The lowest BCUT2D eigenvalue weighted by atomic mass is 9.87. The molecule has 2 N–H and O–H groups in total. The second-order valence-corrected chi connectivity index (χ2v) is 7.02. The topological polar surface area (TPSA) is 48.1 Å². The average Bonchev–Trinajstić information content (AvgIpc) is 2.45. The Bertz CT molecular complexity index is 559. The van der Waals surface area contributed by atoms with Crippen LogP contribution in [0.15, 0.2) is 47.6 Å². The summed E-state index contributed by atoms with van der Waals surface area (Å²) in [7, 11) is 0. The van der Waals surface area contributed by atoms with Gasteiger partial charge in [-0.05, 0) is 35.2 Å². The summed E-state index contributed by atoms with van der Waals surface area (Å²) in [6, 6.07) is 12.1. The van der Waals surface area contributed by atoms with E-state index in [9.17, 15) is 0 Å². The van der Waals surface area contributed by atoms with Crippen molar-refractivity contribution < 1.29 is 4.74 Å². The van der Waals surface area contributed by atoms with E-state index in [1.165, 1.54) is 5.56 Å². The van der Waals surface area contributed by atoms with E-state index in [0.717, 1.165) is 16.5 Å². The summed E-state index contributed by atoms with van der Waals surface area (Å²) in [4.78, 5) is 4.24. The first kappa shape index (κ1) is 15.7. The highest BCUT2D eigenvalue weighted by atomic mass is 32.2. The van der Waals surface area contributed by atoms with Gasteiger partial charge in [0.25, 0.3) is 0 Å². The minimum atomic E-state index is 0.176. The molecule has 0 radical (unpaired) electrons. The van der Waals surface area contributed by atoms with Crippen LogP contribution in [0.25, 0.3) is 0 Å². The molecule has 3 nitrogen and oxygen atoms in total. The van der Waals surface area contributed by atoms with Gasteiger partial charge in [0.1, 0.15) is 5.75 Å². The van der Waals surface area contributed by atoms with Crippen LogP contribution in [-0.2, 0) is 5.41 Å². The Morgan fingerprint density at radius 2 is 1.81 bits per heavy atom. The van der Waals surface area contributed by atoms with E-state index in [4.69, 9.17) is 10.5 Å². The quantitative estimate of drug-likeness (QED) is 0.666. The van der Waals surface area contributed by atoms with Crippen molar-refractivity contribution in [2.75, 3.05) is 18.1 Å². The van der Waals surface area contributed by atoms with Gasteiger partial charge >= 0.3 is 0 Å². The van der Waals surface area contributed by atoms with Crippen LogP contribution in [-0.4, -0.2) is 17.3 Å². The van der Waals surface area contributed by atoms with Crippen molar-refractivity contribution >= 4 is 17.4 Å². The fraction of sp³-hybridized carbons (Fsp3) is 0.353. The lowest BCUT2D eigenvalue weighted by molar-refractivity contribution is 0.343. The highest BCUT2D eigenvalue weighted by molar-refractivity contribution is 7.99. The van der Waals surface area contributed by atoms with Gasteiger partial charge in [0.2, 0.25) is 0 Å². The number of nitrogens with two attached hydrogens (primary N) is 1. The molecule has 0 bridgehead atoms. The van der Waals surface area contributed by atoms with Gasteiger partial charge in [0, 0.05) is 5.75 Å². The number of anilines is 1. The standard InChI is InChI=1S/C17H22N2OS/c1-17(2,3)13-4-7-15(8-5-13)20-10-11-21-16-9-6-14(18)12-19-16/h4-9,12H,10-11,18H2,1-3H3. The van der Waals surface area contributed by atoms with Gasteiger partial charge in [-0.15, -0.1) is 11.8 Å². The summed E-state index contributed by atoms with van der Waals surface area (Å²) >= 11 is 1.66. The fourth-order valence-corrected chi connectivity index (χ4v) is 2.50. The largest absolute Gasteiger partial charge is 0.493 e. The molecule has 0 saturated heterocycles. The molecule has 0 amide bonds. The minimum Gasteiger partial charge on any atom is -0.493 e. The van der Waals surface area contributed by atoms with Crippen LogP contribution in [0, 0.1) is 0 Å². The van der Waals surface area contributed by atoms with E-state index < -0.39 is 0 Å².